The van der Waals surface area contributed by atoms with E-state index in [2.05, 4.69) is 32.6 Å². The summed E-state index contributed by atoms with van der Waals surface area (Å²) in [5.41, 5.74) is 0.395. The van der Waals surface area contributed by atoms with Gasteiger partial charge in [-0.3, -0.25) is 0 Å². The normalized spacial score (nSPS) is 42.4. The van der Waals surface area contributed by atoms with E-state index in [1.165, 1.54) is 89.9 Å². The highest BCUT2D eigenvalue weighted by Crippen LogP contribution is 2.50. The van der Waals surface area contributed by atoms with Crippen molar-refractivity contribution in [2.75, 3.05) is 0 Å². The lowest BCUT2D eigenvalue weighted by Gasteiger charge is -2.44. The van der Waals surface area contributed by atoms with Crippen molar-refractivity contribution >= 4 is 0 Å². The van der Waals surface area contributed by atoms with E-state index < -0.39 is 0 Å². The maximum atomic E-state index is 3.74. The minimum absolute atomic E-state index is 0.395. The maximum Gasteiger partial charge on any atom is 0.0342 e. The summed E-state index contributed by atoms with van der Waals surface area (Å²) in [5, 5.41) is 0. The molecule has 0 heteroatoms. The van der Waals surface area contributed by atoms with Gasteiger partial charge in [0.05, 0.1) is 0 Å². The van der Waals surface area contributed by atoms with E-state index in [1.807, 2.05) is 0 Å². The van der Waals surface area contributed by atoms with Crippen molar-refractivity contribution in [2.45, 2.75) is 111 Å². The zero-order valence-corrected chi connectivity index (χ0v) is 17.3. The minimum Gasteiger partial charge on any atom is -0.106 e. The van der Waals surface area contributed by atoms with Gasteiger partial charge < -0.3 is 0 Å². The first-order valence-corrected chi connectivity index (χ1v) is 11.5. The Bertz CT molecular complexity index is 440. The highest BCUT2D eigenvalue weighted by molar-refractivity contribution is 5.14. The highest BCUT2D eigenvalue weighted by Gasteiger charge is 2.41. The molecule has 0 nitrogen and oxygen atoms in total. The molecule has 0 unspecified atom stereocenters. The van der Waals surface area contributed by atoms with Gasteiger partial charge in [0, 0.05) is 5.41 Å². The van der Waals surface area contributed by atoms with Crippen molar-refractivity contribution < 1.29 is 0 Å². The standard InChI is InChI=1S/C25H42/c1-4-17-25(18-15-21(3)16-19-25)24-13-11-23(12-14-24)10-9-22-7-5-20(2)6-8-22/h20-24H,5-16,18-19H2,1-3H3. The number of hydrogen-bond acceptors (Lipinski definition) is 0. The summed E-state index contributed by atoms with van der Waals surface area (Å²) < 4.78 is 0. The van der Waals surface area contributed by atoms with E-state index in [0.29, 0.717) is 5.41 Å². The SMILES string of the molecule is CC#CC1(C2CCC(CCC3CCC(C)CC3)CC2)CCC(C)CC1. The van der Waals surface area contributed by atoms with Crippen LogP contribution in [0.2, 0.25) is 0 Å². The lowest BCUT2D eigenvalue weighted by atomic mass is 9.59. The van der Waals surface area contributed by atoms with E-state index in [0.717, 1.165) is 29.6 Å². The summed E-state index contributed by atoms with van der Waals surface area (Å²) >= 11 is 0. The van der Waals surface area contributed by atoms with Crippen LogP contribution in [0.5, 0.6) is 0 Å². The molecule has 0 aromatic carbocycles. The molecule has 0 aromatic heterocycles. The summed E-state index contributed by atoms with van der Waals surface area (Å²) in [6, 6.07) is 0. The van der Waals surface area contributed by atoms with Crippen LogP contribution in [-0.2, 0) is 0 Å². The van der Waals surface area contributed by atoms with Gasteiger partial charge in [0.15, 0.2) is 0 Å². The van der Waals surface area contributed by atoms with Crippen molar-refractivity contribution in [3.05, 3.63) is 0 Å². The Morgan fingerprint density at radius 1 is 0.680 bits per heavy atom. The molecule has 3 fully saturated rings. The Morgan fingerprint density at radius 3 is 1.68 bits per heavy atom. The second-order valence-corrected chi connectivity index (χ2v) is 10.1. The van der Waals surface area contributed by atoms with Crippen LogP contribution in [0.4, 0.5) is 0 Å². The summed E-state index contributed by atoms with van der Waals surface area (Å²) in [6.45, 7) is 6.95. The van der Waals surface area contributed by atoms with Gasteiger partial charge in [-0.1, -0.05) is 71.1 Å². The molecule has 25 heavy (non-hydrogen) atoms. The van der Waals surface area contributed by atoms with Gasteiger partial charge in [-0.15, -0.1) is 5.92 Å². The lowest BCUT2D eigenvalue weighted by molar-refractivity contribution is 0.0902. The zero-order valence-electron chi connectivity index (χ0n) is 17.3. The van der Waals surface area contributed by atoms with Crippen LogP contribution in [0.1, 0.15) is 111 Å². The predicted molar refractivity (Wildman–Crippen MR) is 109 cm³/mol. The zero-order chi connectivity index (χ0) is 17.7. The van der Waals surface area contributed by atoms with Gasteiger partial charge >= 0.3 is 0 Å². The molecule has 0 bridgehead atoms. The van der Waals surface area contributed by atoms with Crippen LogP contribution in [0.3, 0.4) is 0 Å². The van der Waals surface area contributed by atoms with E-state index >= 15 is 0 Å². The third kappa shape index (κ3) is 5.05. The maximum absolute atomic E-state index is 3.74. The van der Waals surface area contributed by atoms with E-state index in [1.54, 1.807) is 0 Å². The molecule has 0 heterocycles. The van der Waals surface area contributed by atoms with E-state index in [4.69, 9.17) is 0 Å². The second-order valence-electron chi connectivity index (χ2n) is 10.1. The average Bonchev–Trinajstić information content (AvgIpc) is 2.64. The monoisotopic (exact) mass is 342 g/mol. The van der Waals surface area contributed by atoms with Crippen molar-refractivity contribution in [2.24, 2.45) is 35.0 Å². The third-order valence-corrected chi connectivity index (χ3v) is 8.29. The minimum atomic E-state index is 0.395. The van der Waals surface area contributed by atoms with E-state index in [9.17, 15) is 0 Å². The van der Waals surface area contributed by atoms with Crippen molar-refractivity contribution in [1.82, 2.24) is 0 Å². The molecule has 0 aliphatic heterocycles. The van der Waals surface area contributed by atoms with E-state index in [-0.39, 0.29) is 0 Å². The Balaban J connectivity index is 1.45. The molecule has 142 valence electrons. The first kappa shape index (κ1) is 19.3. The Morgan fingerprint density at radius 2 is 1.16 bits per heavy atom. The summed E-state index contributed by atoms with van der Waals surface area (Å²) in [5.74, 6) is 12.0. The van der Waals surface area contributed by atoms with Gasteiger partial charge in [-0.2, -0.15) is 0 Å². The third-order valence-electron chi connectivity index (χ3n) is 8.29. The Labute approximate surface area is 157 Å². The second kappa shape index (κ2) is 8.97. The van der Waals surface area contributed by atoms with Gasteiger partial charge in [0.25, 0.3) is 0 Å². The molecule has 3 saturated carbocycles. The fraction of sp³-hybridized carbons (Fsp3) is 0.920. The molecule has 0 atom stereocenters. The fourth-order valence-corrected chi connectivity index (χ4v) is 6.25. The Hall–Kier alpha value is -0.440. The van der Waals surface area contributed by atoms with Crippen molar-refractivity contribution in [3.63, 3.8) is 0 Å². The first-order chi connectivity index (χ1) is 12.1. The van der Waals surface area contributed by atoms with Crippen LogP contribution >= 0.6 is 0 Å². The molecule has 0 N–H and O–H groups in total. The molecule has 0 radical (unpaired) electrons. The smallest absolute Gasteiger partial charge is 0.0342 e. The first-order valence-electron chi connectivity index (χ1n) is 11.5. The van der Waals surface area contributed by atoms with Crippen LogP contribution < -0.4 is 0 Å². The number of hydrogen-bond donors (Lipinski definition) is 0. The molecule has 3 rings (SSSR count). The Kier molecular flexibility index (Phi) is 6.93. The van der Waals surface area contributed by atoms with Crippen LogP contribution in [0, 0.1) is 46.8 Å². The van der Waals surface area contributed by atoms with Crippen molar-refractivity contribution in [1.29, 1.82) is 0 Å². The van der Waals surface area contributed by atoms with Gasteiger partial charge in [0.1, 0.15) is 0 Å². The molecule has 3 aliphatic rings. The summed E-state index contributed by atoms with van der Waals surface area (Å²) in [7, 11) is 0. The van der Waals surface area contributed by atoms with Crippen LogP contribution in [-0.4, -0.2) is 0 Å². The molecule has 0 aromatic rings. The molecule has 0 saturated heterocycles. The lowest BCUT2D eigenvalue weighted by Crippen LogP contribution is -2.36. The van der Waals surface area contributed by atoms with Crippen LogP contribution in [0.25, 0.3) is 0 Å². The molecule has 0 spiro atoms. The summed E-state index contributed by atoms with van der Waals surface area (Å²) in [6.07, 6.45) is 20.6. The average molecular weight is 343 g/mol. The van der Waals surface area contributed by atoms with Gasteiger partial charge in [-0.25, -0.2) is 0 Å². The quantitative estimate of drug-likeness (QED) is 0.461. The topological polar surface area (TPSA) is 0 Å². The molecular formula is C25H42. The fourth-order valence-electron chi connectivity index (χ4n) is 6.25. The van der Waals surface area contributed by atoms with Gasteiger partial charge in [-0.05, 0) is 75.0 Å². The van der Waals surface area contributed by atoms with Crippen molar-refractivity contribution in [3.8, 4) is 11.8 Å². The predicted octanol–water partition coefficient (Wildman–Crippen LogP) is 7.62. The molecule has 3 aliphatic carbocycles. The number of rotatable bonds is 4. The molecular weight excluding hydrogens is 300 g/mol. The van der Waals surface area contributed by atoms with Crippen LogP contribution in [0.15, 0.2) is 0 Å². The highest BCUT2D eigenvalue weighted by atomic mass is 14.4. The largest absolute Gasteiger partial charge is 0.106 e. The van der Waals surface area contributed by atoms with Gasteiger partial charge in [0.2, 0.25) is 0 Å². The molecule has 0 amide bonds. The summed E-state index contributed by atoms with van der Waals surface area (Å²) in [4.78, 5) is 0.